The van der Waals surface area contributed by atoms with Gasteiger partial charge in [-0.05, 0) is 50.2 Å². The highest BCUT2D eigenvalue weighted by atomic mass is 16.5. The van der Waals surface area contributed by atoms with E-state index in [4.69, 9.17) is 18.6 Å². The third kappa shape index (κ3) is 3.71. The molecule has 1 amide bonds. The summed E-state index contributed by atoms with van der Waals surface area (Å²) in [6, 6.07) is 9.90. The van der Waals surface area contributed by atoms with E-state index in [0.717, 1.165) is 5.39 Å². The molecular formula is C22H19NO7. The van der Waals surface area contributed by atoms with Crippen molar-refractivity contribution in [1.82, 2.24) is 0 Å². The fourth-order valence-electron chi connectivity index (χ4n) is 3.19. The number of nitrogens with one attached hydrogen (secondary N) is 1. The number of fused-ring (bicyclic) bond motifs is 2. The van der Waals surface area contributed by atoms with Crippen molar-refractivity contribution in [3.63, 3.8) is 0 Å². The van der Waals surface area contributed by atoms with Gasteiger partial charge in [0.15, 0.2) is 19.0 Å². The third-order valence-corrected chi connectivity index (χ3v) is 4.67. The molecule has 1 N–H and O–H groups in total. The van der Waals surface area contributed by atoms with Crippen molar-refractivity contribution in [3.8, 4) is 11.5 Å². The Morgan fingerprint density at radius 2 is 2.00 bits per heavy atom. The van der Waals surface area contributed by atoms with Crippen LogP contribution in [-0.2, 0) is 9.53 Å². The van der Waals surface area contributed by atoms with Crippen LogP contribution in [-0.4, -0.2) is 37.5 Å². The number of amides is 1. The molecule has 0 saturated carbocycles. The Kier molecular flexibility index (Phi) is 5.14. The van der Waals surface area contributed by atoms with E-state index in [1.165, 1.54) is 6.07 Å². The molecule has 4 rings (SSSR count). The Labute approximate surface area is 171 Å². The first-order valence-corrected chi connectivity index (χ1v) is 9.39. The average molecular weight is 409 g/mol. The second kappa shape index (κ2) is 7.90. The Hall–Kier alpha value is -3.81. The van der Waals surface area contributed by atoms with Crippen molar-refractivity contribution in [3.05, 3.63) is 53.3 Å². The number of hydrogen-bond donors (Lipinski definition) is 1. The normalized spacial score (nSPS) is 12.7. The first-order valence-electron chi connectivity index (χ1n) is 9.39. The maximum atomic E-state index is 12.5. The van der Waals surface area contributed by atoms with Crippen LogP contribution < -0.4 is 14.8 Å². The van der Waals surface area contributed by atoms with E-state index >= 15 is 0 Å². The lowest BCUT2D eigenvalue weighted by Crippen LogP contribution is -2.25. The molecular weight excluding hydrogens is 390 g/mol. The number of anilines is 1. The molecule has 1 aliphatic rings. The van der Waals surface area contributed by atoms with E-state index in [1.807, 2.05) is 6.92 Å². The number of ketones is 1. The largest absolute Gasteiger partial charge is 0.494 e. The van der Waals surface area contributed by atoms with Crippen LogP contribution in [0.5, 0.6) is 11.5 Å². The standard InChI is InChI=1S/C22H19NO7/c1-3-27-14-5-7-18-15(9-14)12(2)21(30-18)22(26)29-10-17(24)13-4-6-19-16(8-13)23-20(25)11-28-19/h4-9H,3,10-11H2,1-2H3,(H,23,25). The van der Waals surface area contributed by atoms with Gasteiger partial charge in [-0.1, -0.05) is 0 Å². The Balaban J connectivity index is 1.47. The summed E-state index contributed by atoms with van der Waals surface area (Å²) in [5.74, 6) is -0.258. The molecule has 0 atom stereocenters. The molecule has 3 aromatic rings. The summed E-state index contributed by atoms with van der Waals surface area (Å²) in [5, 5.41) is 3.37. The van der Waals surface area contributed by atoms with Gasteiger partial charge in [0.2, 0.25) is 5.76 Å². The predicted octanol–water partition coefficient (Wildman–Crippen LogP) is 3.51. The van der Waals surface area contributed by atoms with Gasteiger partial charge in [0.25, 0.3) is 5.91 Å². The lowest BCUT2D eigenvalue weighted by Gasteiger charge is -2.18. The van der Waals surface area contributed by atoms with Crippen LogP contribution in [0.25, 0.3) is 11.0 Å². The molecule has 0 saturated heterocycles. The SMILES string of the molecule is CCOc1ccc2oc(C(=O)OCC(=O)c3ccc4c(c3)NC(=O)CO4)c(C)c2c1. The van der Waals surface area contributed by atoms with Gasteiger partial charge in [-0.25, -0.2) is 4.79 Å². The first kappa shape index (κ1) is 19.5. The van der Waals surface area contributed by atoms with E-state index in [-0.39, 0.29) is 23.8 Å². The minimum atomic E-state index is -0.732. The predicted molar refractivity (Wildman–Crippen MR) is 107 cm³/mol. The lowest BCUT2D eigenvalue weighted by atomic mass is 10.1. The maximum Gasteiger partial charge on any atom is 0.375 e. The molecule has 0 bridgehead atoms. The molecule has 0 fully saturated rings. The molecule has 0 spiro atoms. The summed E-state index contributed by atoms with van der Waals surface area (Å²) in [4.78, 5) is 36.4. The number of carbonyl (C=O) groups is 3. The van der Waals surface area contributed by atoms with Gasteiger partial charge in [-0.2, -0.15) is 0 Å². The highest BCUT2D eigenvalue weighted by Gasteiger charge is 2.22. The molecule has 0 aliphatic carbocycles. The minimum Gasteiger partial charge on any atom is -0.494 e. The molecule has 154 valence electrons. The van der Waals surface area contributed by atoms with Crippen molar-refractivity contribution in [1.29, 1.82) is 0 Å². The zero-order valence-electron chi connectivity index (χ0n) is 16.4. The third-order valence-electron chi connectivity index (χ3n) is 4.67. The van der Waals surface area contributed by atoms with Crippen molar-refractivity contribution in [2.75, 3.05) is 25.1 Å². The number of benzene rings is 2. The van der Waals surface area contributed by atoms with Crippen LogP contribution in [0, 0.1) is 6.92 Å². The fourth-order valence-corrected chi connectivity index (χ4v) is 3.19. The Morgan fingerprint density at radius 1 is 1.17 bits per heavy atom. The topological polar surface area (TPSA) is 104 Å². The number of Topliss-reactive ketones (excluding diaryl/α,β-unsaturated/α-hetero) is 1. The fraction of sp³-hybridized carbons (Fsp3) is 0.227. The van der Waals surface area contributed by atoms with E-state index in [9.17, 15) is 14.4 Å². The molecule has 1 aliphatic heterocycles. The molecule has 1 aromatic heterocycles. The summed E-state index contributed by atoms with van der Waals surface area (Å²) >= 11 is 0. The Morgan fingerprint density at radius 3 is 2.80 bits per heavy atom. The number of ether oxygens (including phenoxy) is 3. The number of carbonyl (C=O) groups excluding carboxylic acids is 3. The first-order chi connectivity index (χ1) is 14.5. The zero-order valence-corrected chi connectivity index (χ0v) is 16.4. The monoisotopic (exact) mass is 409 g/mol. The summed E-state index contributed by atoms with van der Waals surface area (Å²) in [7, 11) is 0. The summed E-state index contributed by atoms with van der Waals surface area (Å²) < 4.78 is 21.5. The number of hydrogen-bond acceptors (Lipinski definition) is 7. The second-order valence-corrected chi connectivity index (χ2v) is 6.69. The number of aryl methyl sites for hydroxylation is 1. The number of rotatable bonds is 6. The second-order valence-electron chi connectivity index (χ2n) is 6.69. The summed E-state index contributed by atoms with van der Waals surface area (Å²) in [6.45, 7) is 3.62. The van der Waals surface area contributed by atoms with Crippen molar-refractivity contribution >= 4 is 34.3 Å². The molecule has 30 heavy (non-hydrogen) atoms. The van der Waals surface area contributed by atoms with Crippen LogP contribution in [0.15, 0.2) is 40.8 Å². The van der Waals surface area contributed by atoms with E-state index in [1.54, 1.807) is 37.3 Å². The van der Waals surface area contributed by atoms with E-state index < -0.39 is 18.4 Å². The van der Waals surface area contributed by atoms with Crippen LogP contribution in [0.2, 0.25) is 0 Å². The summed E-state index contributed by atoms with van der Waals surface area (Å²) in [6.07, 6.45) is 0. The van der Waals surface area contributed by atoms with Crippen molar-refractivity contribution < 1.29 is 33.0 Å². The smallest absolute Gasteiger partial charge is 0.375 e. The molecule has 8 nitrogen and oxygen atoms in total. The molecule has 8 heteroatoms. The van der Waals surface area contributed by atoms with Crippen LogP contribution in [0.4, 0.5) is 5.69 Å². The molecule has 2 heterocycles. The van der Waals surface area contributed by atoms with Crippen LogP contribution in [0.1, 0.15) is 33.4 Å². The molecule has 0 unspecified atom stereocenters. The zero-order chi connectivity index (χ0) is 21.3. The maximum absolute atomic E-state index is 12.5. The van der Waals surface area contributed by atoms with Gasteiger partial charge in [0, 0.05) is 16.5 Å². The van der Waals surface area contributed by atoms with Gasteiger partial charge in [0.05, 0.1) is 12.3 Å². The van der Waals surface area contributed by atoms with E-state index in [0.29, 0.717) is 34.9 Å². The highest BCUT2D eigenvalue weighted by Crippen LogP contribution is 2.30. The van der Waals surface area contributed by atoms with Crippen molar-refractivity contribution in [2.24, 2.45) is 0 Å². The van der Waals surface area contributed by atoms with Crippen molar-refractivity contribution in [2.45, 2.75) is 13.8 Å². The number of furan rings is 1. The van der Waals surface area contributed by atoms with Gasteiger partial charge < -0.3 is 23.9 Å². The van der Waals surface area contributed by atoms with E-state index in [2.05, 4.69) is 5.32 Å². The van der Waals surface area contributed by atoms with Crippen LogP contribution in [0.3, 0.4) is 0 Å². The van der Waals surface area contributed by atoms with Gasteiger partial charge in [-0.15, -0.1) is 0 Å². The van der Waals surface area contributed by atoms with Gasteiger partial charge in [-0.3, -0.25) is 9.59 Å². The number of esters is 1. The van der Waals surface area contributed by atoms with Gasteiger partial charge >= 0.3 is 5.97 Å². The van der Waals surface area contributed by atoms with Crippen LogP contribution >= 0.6 is 0 Å². The highest BCUT2D eigenvalue weighted by molar-refractivity contribution is 6.03. The Bertz CT molecular complexity index is 1160. The summed E-state index contributed by atoms with van der Waals surface area (Å²) in [5.41, 5.74) is 1.83. The quantitative estimate of drug-likeness (QED) is 0.491. The lowest BCUT2D eigenvalue weighted by molar-refractivity contribution is -0.118. The molecule has 0 radical (unpaired) electrons. The molecule has 2 aromatic carbocycles. The average Bonchev–Trinajstić information content (AvgIpc) is 3.07. The minimum absolute atomic E-state index is 0.0394. The van der Waals surface area contributed by atoms with Gasteiger partial charge in [0.1, 0.15) is 17.1 Å².